The number of hydrogen-bond acceptors (Lipinski definition) is 3. The molecule has 88 valence electrons. The van der Waals surface area contributed by atoms with Crippen LogP contribution in [0.2, 0.25) is 0 Å². The molecule has 0 unspecified atom stereocenters. The summed E-state index contributed by atoms with van der Waals surface area (Å²) < 4.78 is 5.80. The molecule has 0 radical (unpaired) electrons. The van der Waals surface area contributed by atoms with Gasteiger partial charge >= 0.3 is 0 Å². The van der Waals surface area contributed by atoms with Gasteiger partial charge in [-0.15, -0.1) is 0 Å². The van der Waals surface area contributed by atoms with Crippen molar-refractivity contribution in [2.45, 2.75) is 18.9 Å². The van der Waals surface area contributed by atoms with Gasteiger partial charge in [0.25, 0.3) is 0 Å². The summed E-state index contributed by atoms with van der Waals surface area (Å²) in [6.07, 6.45) is 4.28. The summed E-state index contributed by atoms with van der Waals surface area (Å²) in [6, 6.07) is 10.6. The number of nitrogens with zero attached hydrogens (tertiary/aromatic N) is 1. The van der Waals surface area contributed by atoms with Crippen LogP contribution in [0.4, 0.5) is 0 Å². The predicted molar refractivity (Wildman–Crippen MR) is 68.3 cm³/mol. The van der Waals surface area contributed by atoms with Crippen molar-refractivity contribution in [1.29, 1.82) is 0 Å². The van der Waals surface area contributed by atoms with E-state index >= 15 is 0 Å². The van der Waals surface area contributed by atoms with Crippen LogP contribution < -0.4 is 10.1 Å². The number of benzene rings is 1. The number of nitrogens with one attached hydrogen (secondary N) is 1. The summed E-state index contributed by atoms with van der Waals surface area (Å²) in [4.78, 5) is 4.33. The number of fused-ring (bicyclic) bond motifs is 1. The molecule has 3 heteroatoms. The smallest absolute Gasteiger partial charge is 0.121 e. The SMILES string of the molecule is c1cnc2cc(OC[C@H]3CCCN3)ccc2c1. The van der Waals surface area contributed by atoms with Crippen LogP contribution in [0.3, 0.4) is 0 Å². The molecule has 1 aromatic carbocycles. The van der Waals surface area contributed by atoms with E-state index in [1.165, 1.54) is 12.8 Å². The van der Waals surface area contributed by atoms with E-state index in [1.807, 2.05) is 24.4 Å². The fraction of sp³-hybridized carbons (Fsp3) is 0.357. The first-order chi connectivity index (χ1) is 8.42. The summed E-state index contributed by atoms with van der Waals surface area (Å²) in [5.41, 5.74) is 0.990. The highest BCUT2D eigenvalue weighted by molar-refractivity contribution is 5.79. The predicted octanol–water partition coefficient (Wildman–Crippen LogP) is 2.37. The summed E-state index contributed by atoms with van der Waals surface area (Å²) in [7, 11) is 0. The third-order valence-corrected chi connectivity index (χ3v) is 3.19. The Hall–Kier alpha value is -1.61. The molecule has 0 aliphatic carbocycles. The van der Waals surface area contributed by atoms with Gasteiger partial charge in [0.2, 0.25) is 0 Å². The topological polar surface area (TPSA) is 34.1 Å². The molecule has 0 spiro atoms. The molecule has 1 saturated heterocycles. The zero-order chi connectivity index (χ0) is 11.5. The van der Waals surface area contributed by atoms with Crippen LogP contribution in [-0.4, -0.2) is 24.2 Å². The largest absolute Gasteiger partial charge is 0.492 e. The Morgan fingerprint density at radius 1 is 1.35 bits per heavy atom. The maximum Gasteiger partial charge on any atom is 0.121 e. The van der Waals surface area contributed by atoms with E-state index in [2.05, 4.69) is 22.4 Å². The van der Waals surface area contributed by atoms with E-state index in [4.69, 9.17) is 4.74 Å². The Bertz CT molecular complexity index is 506. The van der Waals surface area contributed by atoms with Gasteiger partial charge in [0.15, 0.2) is 0 Å². The summed E-state index contributed by atoms with van der Waals surface area (Å²) in [6.45, 7) is 1.87. The quantitative estimate of drug-likeness (QED) is 0.875. The van der Waals surface area contributed by atoms with Crippen molar-refractivity contribution in [3.05, 3.63) is 36.5 Å². The van der Waals surface area contributed by atoms with Crippen molar-refractivity contribution in [1.82, 2.24) is 10.3 Å². The highest BCUT2D eigenvalue weighted by Crippen LogP contribution is 2.19. The van der Waals surface area contributed by atoms with E-state index in [0.29, 0.717) is 6.04 Å². The van der Waals surface area contributed by atoms with Gasteiger partial charge in [-0.3, -0.25) is 4.98 Å². The molecule has 1 aliphatic rings. The fourth-order valence-electron chi connectivity index (χ4n) is 2.23. The van der Waals surface area contributed by atoms with Gasteiger partial charge in [-0.05, 0) is 37.6 Å². The standard InChI is InChI=1S/C14H16N2O/c1-3-11-5-6-13(9-14(11)16-8-1)17-10-12-4-2-7-15-12/h1,3,5-6,8-9,12,15H,2,4,7,10H2/t12-/m1/s1. The van der Waals surface area contributed by atoms with E-state index in [-0.39, 0.29) is 0 Å². The molecular formula is C14H16N2O. The second-order valence-corrected chi connectivity index (χ2v) is 4.46. The maximum absolute atomic E-state index is 5.80. The molecule has 0 saturated carbocycles. The molecular weight excluding hydrogens is 212 g/mol. The van der Waals surface area contributed by atoms with Crippen molar-refractivity contribution in [2.75, 3.05) is 13.2 Å². The van der Waals surface area contributed by atoms with Crippen molar-refractivity contribution in [3.8, 4) is 5.75 Å². The molecule has 17 heavy (non-hydrogen) atoms. The molecule has 3 rings (SSSR count). The van der Waals surface area contributed by atoms with Gasteiger partial charge in [0.1, 0.15) is 12.4 Å². The molecule has 2 heterocycles. The zero-order valence-corrected chi connectivity index (χ0v) is 9.73. The van der Waals surface area contributed by atoms with Gasteiger partial charge in [0, 0.05) is 23.7 Å². The first-order valence-corrected chi connectivity index (χ1v) is 6.13. The molecule has 0 bridgehead atoms. The highest BCUT2D eigenvalue weighted by Gasteiger charge is 2.14. The summed E-state index contributed by atoms with van der Waals surface area (Å²) in [5.74, 6) is 0.907. The zero-order valence-electron chi connectivity index (χ0n) is 9.73. The first kappa shape index (κ1) is 10.5. The maximum atomic E-state index is 5.80. The van der Waals surface area contributed by atoms with Crippen molar-refractivity contribution < 1.29 is 4.74 Å². The Morgan fingerprint density at radius 2 is 2.35 bits per heavy atom. The minimum Gasteiger partial charge on any atom is -0.492 e. The van der Waals surface area contributed by atoms with Crippen molar-refractivity contribution in [3.63, 3.8) is 0 Å². The molecule has 1 atom stereocenters. The molecule has 1 aliphatic heterocycles. The lowest BCUT2D eigenvalue weighted by Crippen LogP contribution is -2.28. The van der Waals surface area contributed by atoms with Crippen LogP contribution in [0.5, 0.6) is 5.75 Å². The molecule has 1 N–H and O–H groups in total. The molecule has 2 aromatic rings. The summed E-state index contributed by atoms with van der Waals surface area (Å²) in [5, 5.41) is 4.58. The Labute approximate surface area is 101 Å². The van der Waals surface area contributed by atoms with Crippen LogP contribution in [0, 0.1) is 0 Å². The number of ether oxygens (including phenoxy) is 1. The second kappa shape index (κ2) is 4.72. The van der Waals surface area contributed by atoms with Gasteiger partial charge < -0.3 is 10.1 Å². The van der Waals surface area contributed by atoms with Crippen LogP contribution in [0.15, 0.2) is 36.5 Å². The normalized spacial score (nSPS) is 19.6. The third-order valence-electron chi connectivity index (χ3n) is 3.19. The Morgan fingerprint density at radius 3 is 3.24 bits per heavy atom. The number of pyridine rings is 1. The van der Waals surface area contributed by atoms with E-state index in [1.54, 1.807) is 0 Å². The lowest BCUT2D eigenvalue weighted by molar-refractivity contribution is 0.277. The van der Waals surface area contributed by atoms with Gasteiger partial charge in [-0.25, -0.2) is 0 Å². The number of hydrogen-bond donors (Lipinski definition) is 1. The van der Waals surface area contributed by atoms with Gasteiger partial charge in [0.05, 0.1) is 5.52 Å². The monoisotopic (exact) mass is 228 g/mol. The van der Waals surface area contributed by atoms with Crippen LogP contribution in [-0.2, 0) is 0 Å². The van der Waals surface area contributed by atoms with Gasteiger partial charge in [-0.1, -0.05) is 6.07 Å². The lowest BCUT2D eigenvalue weighted by Gasteiger charge is -2.12. The molecule has 3 nitrogen and oxygen atoms in total. The average Bonchev–Trinajstić information content (AvgIpc) is 2.89. The van der Waals surface area contributed by atoms with Crippen LogP contribution >= 0.6 is 0 Å². The van der Waals surface area contributed by atoms with E-state index in [0.717, 1.165) is 29.8 Å². The van der Waals surface area contributed by atoms with Crippen molar-refractivity contribution in [2.24, 2.45) is 0 Å². The lowest BCUT2D eigenvalue weighted by atomic mass is 10.2. The fourth-order valence-corrected chi connectivity index (χ4v) is 2.23. The summed E-state index contributed by atoms with van der Waals surface area (Å²) >= 11 is 0. The molecule has 1 fully saturated rings. The molecule has 1 aromatic heterocycles. The minimum atomic E-state index is 0.509. The minimum absolute atomic E-state index is 0.509. The van der Waals surface area contributed by atoms with E-state index < -0.39 is 0 Å². The van der Waals surface area contributed by atoms with Gasteiger partial charge in [-0.2, -0.15) is 0 Å². The van der Waals surface area contributed by atoms with Crippen LogP contribution in [0.25, 0.3) is 10.9 Å². The van der Waals surface area contributed by atoms with E-state index in [9.17, 15) is 0 Å². The highest BCUT2D eigenvalue weighted by atomic mass is 16.5. The molecule has 0 amide bonds. The number of rotatable bonds is 3. The van der Waals surface area contributed by atoms with Crippen molar-refractivity contribution >= 4 is 10.9 Å². The van der Waals surface area contributed by atoms with Crippen LogP contribution in [0.1, 0.15) is 12.8 Å². The third kappa shape index (κ3) is 2.39. The Kier molecular flexibility index (Phi) is 2.92. The number of aromatic nitrogens is 1. The average molecular weight is 228 g/mol. The Balaban J connectivity index is 1.72. The first-order valence-electron chi connectivity index (χ1n) is 6.13. The second-order valence-electron chi connectivity index (χ2n) is 4.46.